The summed E-state index contributed by atoms with van der Waals surface area (Å²) in [6.45, 7) is -1.92. The van der Waals surface area contributed by atoms with Crippen LogP contribution < -0.4 is 15.4 Å². The molecule has 3 aliphatic rings. The van der Waals surface area contributed by atoms with Crippen molar-refractivity contribution in [3.63, 3.8) is 0 Å². The zero-order valence-electron chi connectivity index (χ0n) is 17.2. The van der Waals surface area contributed by atoms with Crippen LogP contribution in [0.15, 0.2) is 18.2 Å². The van der Waals surface area contributed by atoms with Crippen molar-refractivity contribution < 1.29 is 43.7 Å². The van der Waals surface area contributed by atoms with Crippen molar-refractivity contribution in [1.29, 1.82) is 0 Å². The van der Waals surface area contributed by atoms with Crippen molar-refractivity contribution in [2.24, 2.45) is 0 Å². The van der Waals surface area contributed by atoms with Gasteiger partial charge in [0.25, 0.3) is 17.7 Å². The molecule has 0 saturated carbocycles. The summed E-state index contributed by atoms with van der Waals surface area (Å²) >= 11 is 5.94. The molecule has 0 spiro atoms. The zero-order chi connectivity index (χ0) is 24.1. The third kappa shape index (κ3) is 3.27. The topological polar surface area (TPSA) is 175 Å². The fourth-order valence-corrected chi connectivity index (χ4v) is 4.29. The van der Waals surface area contributed by atoms with Crippen molar-refractivity contribution >= 4 is 46.9 Å². The molecule has 176 valence electrons. The number of aliphatic hydroxyl groups is 2. The number of alkyl halides is 1. The highest BCUT2D eigenvalue weighted by molar-refractivity contribution is 6.22. The first-order valence-corrected chi connectivity index (χ1v) is 10.2. The number of fused-ring (bicyclic) bond motifs is 2. The molecular formula is C19H19ClN4O9. The summed E-state index contributed by atoms with van der Waals surface area (Å²) in [7, 11) is 1.37. The number of benzene rings is 1. The molecule has 3 aliphatic heterocycles. The predicted octanol–water partition coefficient (Wildman–Crippen LogP) is -2.41. The van der Waals surface area contributed by atoms with E-state index >= 15 is 0 Å². The van der Waals surface area contributed by atoms with Crippen molar-refractivity contribution in [3.8, 4) is 5.75 Å². The van der Waals surface area contributed by atoms with Gasteiger partial charge in [-0.2, -0.15) is 0 Å². The Bertz CT molecular complexity index is 1080. The fourth-order valence-electron chi connectivity index (χ4n) is 3.85. The Morgan fingerprint density at radius 1 is 1.30 bits per heavy atom. The third-order valence-electron chi connectivity index (χ3n) is 5.80. The molecule has 0 radical (unpaired) electrons. The van der Waals surface area contributed by atoms with Crippen LogP contribution in [0.2, 0.25) is 0 Å². The Balaban J connectivity index is 1.51. The lowest BCUT2D eigenvalue weighted by atomic mass is 10.0. The molecule has 0 aromatic heterocycles. The number of rotatable bonds is 5. The first-order chi connectivity index (χ1) is 15.6. The third-order valence-corrected chi connectivity index (χ3v) is 6.17. The van der Waals surface area contributed by atoms with Gasteiger partial charge in [-0.1, -0.05) is 6.07 Å². The first-order valence-electron chi connectivity index (χ1n) is 9.68. The van der Waals surface area contributed by atoms with Crippen molar-refractivity contribution in [2.45, 2.75) is 17.5 Å². The van der Waals surface area contributed by atoms with Gasteiger partial charge in [0.2, 0.25) is 11.6 Å². The molecule has 14 heteroatoms. The molecule has 0 bridgehead atoms. The van der Waals surface area contributed by atoms with Gasteiger partial charge in [-0.05, 0) is 12.1 Å². The molecule has 3 atom stereocenters. The molecule has 0 aliphatic carbocycles. The Kier molecular flexibility index (Phi) is 5.42. The van der Waals surface area contributed by atoms with Crippen LogP contribution in [0.5, 0.6) is 5.75 Å². The van der Waals surface area contributed by atoms with Crippen LogP contribution >= 0.6 is 11.6 Å². The molecule has 3 unspecified atom stereocenters. The molecule has 3 heterocycles. The van der Waals surface area contributed by atoms with E-state index in [2.05, 4.69) is 10.6 Å². The van der Waals surface area contributed by atoms with Gasteiger partial charge in [0.1, 0.15) is 31.5 Å². The predicted molar refractivity (Wildman–Crippen MR) is 108 cm³/mol. The summed E-state index contributed by atoms with van der Waals surface area (Å²) in [5, 5.41) is 23.9. The lowest BCUT2D eigenvalue weighted by molar-refractivity contribution is -0.183. The molecule has 4 rings (SSSR count). The smallest absolute Gasteiger partial charge is 0.340 e. The molecule has 4 amide bonds. The number of ether oxygens (including phenoxy) is 2. The highest BCUT2D eigenvalue weighted by Gasteiger charge is 2.61. The second kappa shape index (κ2) is 7.86. The largest absolute Gasteiger partial charge is 0.459 e. The summed E-state index contributed by atoms with van der Waals surface area (Å²) in [5.41, 5.74) is -1.90. The summed E-state index contributed by atoms with van der Waals surface area (Å²) in [5.74, 6) is -6.80. The van der Waals surface area contributed by atoms with Crippen LogP contribution in [-0.4, -0.2) is 99.8 Å². The van der Waals surface area contributed by atoms with Crippen LogP contribution in [0.25, 0.3) is 0 Å². The van der Waals surface area contributed by atoms with Gasteiger partial charge in [-0.3, -0.25) is 24.1 Å². The van der Waals surface area contributed by atoms with Crippen LogP contribution in [0.1, 0.15) is 10.4 Å². The van der Waals surface area contributed by atoms with Crippen LogP contribution in [0.3, 0.4) is 0 Å². The highest BCUT2D eigenvalue weighted by Crippen LogP contribution is 2.36. The molecule has 4 N–H and O–H groups in total. The standard InChI is InChI=1S/C19H19ClN4O9/c1-23-12(26)5-24-14(27)10(21-16(29)18(23,24)7-20)6-32-15(28)9-3-2-4-11-13(9)22-17(30)19(31,8-25)33-11/h2-4,10,25,31H,5-8H2,1H3,(H,21,29)(H,22,30). The van der Waals surface area contributed by atoms with E-state index in [1.165, 1.54) is 25.2 Å². The average molecular weight is 483 g/mol. The summed E-state index contributed by atoms with van der Waals surface area (Å²) in [4.78, 5) is 64.6. The Morgan fingerprint density at radius 2 is 2.03 bits per heavy atom. The summed E-state index contributed by atoms with van der Waals surface area (Å²) in [6, 6.07) is 2.78. The number of likely N-dealkylation sites (N-methyl/N-ethyl adjacent to an activating group) is 1. The number of nitrogens with one attached hydrogen (secondary N) is 2. The monoisotopic (exact) mass is 482 g/mol. The molecule has 13 nitrogen and oxygen atoms in total. The Labute approximate surface area is 191 Å². The number of halogens is 1. The Hall–Kier alpha value is -3.42. The Morgan fingerprint density at radius 3 is 2.70 bits per heavy atom. The van der Waals surface area contributed by atoms with Gasteiger partial charge in [-0.25, -0.2) is 4.79 Å². The molecule has 2 saturated heterocycles. The lowest BCUT2D eigenvalue weighted by Crippen LogP contribution is -2.73. The van der Waals surface area contributed by atoms with E-state index in [1.54, 1.807) is 0 Å². The number of carbonyl (C=O) groups excluding carboxylic acids is 5. The quantitative estimate of drug-likeness (QED) is 0.263. The zero-order valence-corrected chi connectivity index (χ0v) is 17.9. The van der Waals surface area contributed by atoms with E-state index in [0.29, 0.717) is 0 Å². The van der Waals surface area contributed by atoms with E-state index < -0.39 is 60.3 Å². The number of carbonyl (C=O) groups is 5. The SMILES string of the molecule is CN1C(=O)CN2C(=O)C(COC(=O)c3cccc4c3NC(=O)C(O)(CO)O4)NC(=O)C12CCl. The number of hydrogen-bond donors (Lipinski definition) is 4. The average Bonchev–Trinajstić information content (AvgIpc) is 3.07. The molecular weight excluding hydrogens is 464 g/mol. The van der Waals surface area contributed by atoms with E-state index in [-0.39, 0.29) is 29.4 Å². The van der Waals surface area contributed by atoms with Gasteiger partial charge < -0.3 is 35.2 Å². The van der Waals surface area contributed by atoms with Crippen molar-refractivity contribution in [3.05, 3.63) is 23.8 Å². The number of amides is 4. The minimum atomic E-state index is -2.51. The number of esters is 1. The van der Waals surface area contributed by atoms with E-state index in [9.17, 15) is 34.2 Å². The molecule has 2 fully saturated rings. The second-order valence-corrected chi connectivity index (χ2v) is 7.90. The van der Waals surface area contributed by atoms with Gasteiger partial charge in [-0.15, -0.1) is 11.6 Å². The van der Waals surface area contributed by atoms with Crippen molar-refractivity contribution in [2.75, 3.05) is 38.0 Å². The summed E-state index contributed by atoms with van der Waals surface area (Å²) < 4.78 is 10.3. The van der Waals surface area contributed by atoms with Gasteiger partial charge in [0.15, 0.2) is 0 Å². The summed E-state index contributed by atoms with van der Waals surface area (Å²) in [6.07, 6.45) is 0. The van der Waals surface area contributed by atoms with Crippen LogP contribution in [0, 0.1) is 0 Å². The second-order valence-electron chi connectivity index (χ2n) is 7.63. The van der Waals surface area contributed by atoms with Gasteiger partial charge in [0.05, 0.1) is 17.1 Å². The maximum atomic E-state index is 12.9. The molecule has 1 aromatic rings. The highest BCUT2D eigenvalue weighted by atomic mass is 35.5. The van der Waals surface area contributed by atoms with Gasteiger partial charge >= 0.3 is 11.8 Å². The normalized spacial score (nSPS) is 28.5. The van der Waals surface area contributed by atoms with Gasteiger partial charge in [0, 0.05) is 7.05 Å². The maximum absolute atomic E-state index is 12.9. The number of nitrogens with zero attached hydrogens (tertiary/aromatic N) is 2. The number of aliphatic hydroxyl groups excluding tert-OH is 1. The van der Waals surface area contributed by atoms with E-state index in [4.69, 9.17) is 21.1 Å². The minimum absolute atomic E-state index is 0.0897. The molecule has 33 heavy (non-hydrogen) atoms. The molecule has 1 aromatic carbocycles. The number of hydrogen-bond acceptors (Lipinski definition) is 9. The minimum Gasteiger partial charge on any atom is -0.459 e. The first kappa shape index (κ1) is 22.8. The number of piperazine rings is 1. The van der Waals surface area contributed by atoms with Crippen LogP contribution in [0.4, 0.5) is 5.69 Å². The van der Waals surface area contributed by atoms with E-state index in [0.717, 1.165) is 9.80 Å². The fraction of sp³-hybridized carbons (Fsp3) is 0.421. The maximum Gasteiger partial charge on any atom is 0.340 e. The van der Waals surface area contributed by atoms with Crippen molar-refractivity contribution in [1.82, 2.24) is 15.1 Å². The lowest BCUT2D eigenvalue weighted by Gasteiger charge is -2.44. The van der Waals surface area contributed by atoms with E-state index in [1.807, 2.05) is 0 Å². The number of para-hydroxylation sites is 1. The number of anilines is 1. The van der Waals surface area contributed by atoms with Crippen LogP contribution in [-0.2, 0) is 23.9 Å².